The van der Waals surface area contributed by atoms with Gasteiger partial charge in [0.1, 0.15) is 0 Å². The Balaban J connectivity index is -0.00000000750. The van der Waals surface area contributed by atoms with Gasteiger partial charge in [-0.25, -0.2) is 0 Å². The Kier molecular flexibility index (Phi) is 52.0. The third-order valence-corrected chi connectivity index (χ3v) is 0. The van der Waals surface area contributed by atoms with Gasteiger partial charge in [-0.15, -0.1) is 0 Å². The van der Waals surface area contributed by atoms with Gasteiger partial charge in [0.15, 0.2) is 0 Å². The number of hydrogen-bond acceptors (Lipinski definition) is 1. The predicted molar refractivity (Wildman–Crippen MR) is 18.0 cm³/mol. The summed E-state index contributed by atoms with van der Waals surface area (Å²) in [5.41, 5.74) is 0. The summed E-state index contributed by atoms with van der Waals surface area (Å²) in [5, 5.41) is 7.42. The van der Waals surface area contributed by atoms with Crippen LogP contribution in [0.25, 0.3) is 0 Å². The SMILES string of the molecule is CC(=O)O.O.[Ce].[H-].[Na+]. The fraction of sp³-hybridized carbons (Fsp3) is 0.500. The topological polar surface area (TPSA) is 68.8 Å². The first-order valence-corrected chi connectivity index (χ1v) is 0.928. The summed E-state index contributed by atoms with van der Waals surface area (Å²) in [6, 6.07) is 0. The minimum absolute atomic E-state index is 0. The number of rotatable bonds is 0. The number of carboxylic acid groups (broad SMARTS) is 1. The molecule has 0 spiro atoms. The molecule has 0 aliphatic heterocycles. The summed E-state index contributed by atoms with van der Waals surface area (Å²) >= 11 is 0. The van der Waals surface area contributed by atoms with Gasteiger partial charge in [0.05, 0.1) is 0 Å². The van der Waals surface area contributed by atoms with E-state index in [2.05, 4.69) is 0 Å². The molecule has 3 nitrogen and oxygen atoms in total. The zero-order valence-electron chi connectivity index (χ0n) is 5.36. The molecule has 0 aliphatic carbocycles. The fourth-order valence-corrected chi connectivity index (χ4v) is 0. The zero-order valence-corrected chi connectivity index (χ0v) is 9.50. The van der Waals surface area contributed by atoms with Crippen LogP contribution in [0.4, 0.5) is 0 Å². The minimum atomic E-state index is -0.833. The Bertz CT molecular complexity index is 40.3. The summed E-state index contributed by atoms with van der Waals surface area (Å²) < 4.78 is 0. The van der Waals surface area contributed by atoms with Gasteiger partial charge >= 0.3 is 29.6 Å². The van der Waals surface area contributed by atoms with Gasteiger partial charge in [-0.1, -0.05) is 0 Å². The smallest absolute Gasteiger partial charge is 1.00 e. The molecule has 0 aromatic rings. The van der Waals surface area contributed by atoms with Gasteiger partial charge in [0.25, 0.3) is 5.97 Å². The molecule has 3 N–H and O–H groups in total. The van der Waals surface area contributed by atoms with Crippen molar-refractivity contribution in [3.05, 3.63) is 0 Å². The third-order valence-electron chi connectivity index (χ3n) is 0. The fourth-order valence-electron chi connectivity index (χ4n) is 0. The van der Waals surface area contributed by atoms with E-state index in [9.17, 15) is 0 Å². The molecule has 0 aromatic heterocycles. The van der Waals surface area contributed by atoms with Crippen molar-refractivity contribution in [3.63, 3.8) is 0 Å². The van der Waals surface area contributed by atoms with Gasteiger partial charge in [0, 0.05) is 48.7 Å². The molecule has 7 heavy (non-hydrogen) atoms. The average molecular weight is 242 g/mol. The predicted octanol–water partition coefficient (Wildman–Crippen LogP) is -3.62. The summed E-state index contributed by atoms with van der Waals surface area (Å²) in [5.74, 6) is -0.833. The number of hydrogen-bond donors (Lipinski definition) is 1. The van der Waals surface area contributed by atoms with Gasteiger partial charge in [-0.3, -0.25) is 4.79 Å². The molecule has 0 aromatic carbocycles. The van der Waals surface area contributed by atoms with Crippen LogP contribution in [-0.2, 0) is 4.79 Å². The van der Waals surface area contributed by atoms with Crippen molar-refractivity contribution >= 4 is 5.97 Å². The van der Waals surface area contributed by atoms with E-state index in [0.717, 1.165) is 6.92 Å². The van der Waals surface area contributed by atoms with Crippen LogP contribution >= 0.6 is 0 Å². The molecule has 0 rings (SSSR count). The Morgan fingerprint density at radius 1 is 1.71 bits per heavy atom. The van der Waals surface area contributed by atoms with E-state index in [-0.39, 0.29) is 78.2 Å². The van der Waals surface area contributed by atoms with Crippen molar-refractivity contribution in [3.8, 4) is 0 Å². The largest absolute Gasteiger partial charge is 1.00 e. The van der Waals surface area contributed by atoms with Gasteiger partial charge in [-0.05, 0) is 0 Å². The molecule has 38 valence electrons. The van der Waals surface area contributed by atoms with Crippen molar-refractivity contribution in [2.75, 3.05) is 0 Å². The molecule has 0 atom stereocenters. The van der Waals surface area contributed by atoms with Gasteiger partial charge < -0.3 is 12.0 Å². The Morgan fingerprint density at radius 2 is 1.71 bits per heavy atom. The van der Waals surface area contributed by atoms with E-state index in [1.54, 1.807) is 0 Å². The summed E-state index contributed by atoms with van der Waals surface area (Å²) in [4.78, 5) is 9.00. The van der Waals surface area contributed by atoms with Crippen LogP contribution < -0.4 is 29.6 Å². The maximum atomic E-state index is 9.00. The Morgan fingerprint density at radius 3 is 1.71 bits per heavy atom. The van der Waals surface area contributed by atoms with Gasteiger partial charge in [-0.2, -0.15) is 0 Å². The third kappa shape index (κ3) is 80.6. The molecule has 0 saturated carbocycles. The molecule has 0 amide bonds. The van der Waals surface area contributed by atoms with E-state index in [4.69, 9.17) is 9.90 Å². The molecular formula is C2H7CeNaO3. The summed E-state index contributed by atoms with van der Waals surface area (Å²) in [6.45, 7) is 1.08. The van der Waals surface area contributed by atoms with Crippen LogP contribution in [0, 0.1) is 41.7 Å². The standard InChI is InChI=1S/C2H4O2.Ce.Na.H2O.H/c1-2(3)4;;;;/h1H3,(H,3,4);;;1H2;/q;;+1;;-1. The molecule has 0 saturated heterocycles. The van der Waals surface area contributed by atoms with Crippen LogP contribution in [0.3, 0.4) is 0 Å². The summed E-state index contributed by atoms with van der Waals surface area (Å²) in [7, 11) is 0. The van der Waals surface area contributed by atoms with E-state index in [0.29, 0.717) is 0 Å². The van der Waals surface area contributed by atoms with Crippen LogP contribution in [0.5, 0.6) is 0 Å². The Hall–Kier alpha value is 1.81. The maximum absolute atomic E-state index is 9.00. The second-order valence-electron chi connectivity index (χ2n) is 0.519. The van der Waals surface area contributed by atoms with Crippen molar-refractivity contribution in [1.29, 1.82) is 0 Å². The maximum Gasteiger partial charge on any atom is 1.00 e. The number of carboxylic acids is 1. The van der Waals surface area contributed by atoms with Crippen LogP contribution in [-0.4, -0.2) is 16.6 Å². The van der Waals surface area contributed by atoms with E-state index >= 15 is 0 Å². The monoisotopic (exact) mass is 242 g/mol. The van der Waals surface area contributed by atoms with Crippen LogP contribution in [0.15, 0.2) is 0 Å². The van der Waals surface area contributed by atoms with E-state index in [1.807, 2.05) is 0 Å². The normalized spacial score (nSPS) is 3.57. The van der Waals surface area contributed by atoms with Crippen molar-refractivity contribution in [2.45, 2.75) is 6.92 Å². The summed E-state index contributed by atoms with van der Waals surface area (Å²) in [6.07, 6.45) is 0. The minimum Gasteiger partial charge on any atom is -1.00 e. The van der Waals surface area contributed by atoms with E-state index < -0.39 is 5.97 Å². The van der Waals surface area contributed by atoms with Crippen LogP contribution in [0.1, 0.15) is 8.35 Å². The molecule has 5 heteroatoms. The molecule has 0 heterocycles. The number of carbonyl (C=O) groups is 1. The van der Waals surface area contributed by atoms with Crippen LogP contribution in [0.2, 0.25) is 0 Å². The molecule has 0 radical (unpaired) electrons. The second kappa shape index (κ2) is 15.7. The molecule has 0 fully saturated rings. The van der Waals surface area contributed by atoms with Crippen molar-refractivity contribution in [2.24, 2.45) is 0 Å². The molecular weight excluding hydrogens is 235 g/mol. The Labute approximate surface area is 99.3 Å². The van der Waals surface area contributed by atoms with Gasteiger partial charge in [0.2, 0.25) is 0 Å². The van der Waals surface area contributed by atoms with Crippen molar-refractivity contribution in [1.82, 2.24) is 0 Å². The van der Waals surface area contributed by atoms with Crippen molar-refractivity contribution < 1.29 is 88.1 Å². The second-order valence-corrected chi connectivity index (χ2v) is 0.519. The molecule has 0 unspecified atom stereocenters. The quantitative estimate of drug-likeness (QED) is 0.446. The first-order chi connectivity index (χ1) is 1.73. The molecule has 0 bridgehead atoms. The average Bonchev–Trinajstić information content (AvgIpc) is 0.811. The molecule has 0 aliphatic rings. The number of aliphatic carboxylic acids is 1. The first-order valence-electron chi connectivity index (χ1n) is 0.928. The zero-order chi connectivity index (χ0) is 3.58. The van der Waals surface area contributed by atoms with E-state index in [1.165, 1.54) is 0 Å². The first kappa shape index (κ1) is 23.2.